The van der Waals surface area contributed by atoms with Crippen LogP contribution in [0.5, 0.6) is 0 Å². The van der Waals surface area contributed by atoms with Gasteiger partial charge < -0.3 is 18.9 Å². The smallest absolute Gasteiger partial charge is 0.0979 e. The molecular formula is C92H62N6. The predicted molar refractivity (Wildman–Crippen MR) is 410 cm³/mol. The summed E-state index contributed by atoms with van der Waals surface area (Å²) in [6, 6.07) is 135. The van der Waals surface area contributed by atoms with Crippen molar-refractivity contribution in [1.82, 2.24) is 19.1 Å². The van der Waals surface area contributed by atoms with Crippen LogP contribution >= 0.6 is 0 Å². The third kappa shape index (κ3) is 10.3. The first-order valence-electron chi connectivity index (χ1n) is 33.4. The molecule has 6 nitrogen and oxygen atoms in total. The molecule has 15 aromatic carbocycles. The lowest BCUT2D eigenvalue weighted by Crippen LogP contribution is -2.10. The Morgan fingerprint density at radius 3 is 0.796 bits per heavy atom. The van der Waals surface area contributed by atoms with E-state index >= 15 is 0 Å². The highest BCUT2D eigenvalue weighted by atomic mass is 15.1. The van der Waals surface area contributed by atoms with Crippen molar-refractivity contribution in [3.8, 4) is 78.4 Å². The van der Waals surface area contributed by atoms with Gasteiger partial charge >= 0.3 is 0 Å². The van der Waals surface area contributed by atoms with Gasteiger partial charge in [0.25, 0.3) is 0 Å². The maximum absolute atomic E-state index is 5.96. The molecule has 0 aliphatic rings. The van der Waals surface area contributed by atoms with Crippen molar-refractivity contribution < 1.29 is 0 Å². The van der Waals surface area contributed by atoms with Crippen LogP contribution in [0.3, 0.4) is 0 Å². The molecule has 18 rings (SSSR count). The normalized spacial score (nSPS) is 11.5. The van der Waals surface area contributed by atoms with E-state index in [0.717, 1.165) is 124 Å². The Bertz CT molecular complexity index is 5470. The second kappa shape index (κ2) is 24.6. The lowest BCUT2D eigenvalue weighted by molar-refractivity contribution is 1.17. The Morgan fingerprint density at radius 2 is 0.459 bits per heavy atom. The Balaban J connectivity index is 0.797. The van der Waals surface area contributed by atoms with E-state index < -0.39 is 0 Å². The molecule has 0 unspecified atom stereocenters. The Hall–Kier alpha value is -13.2. The topological polar surface area (TPSA) is 42.1 Å². The van der Waals surface area contributed by atoms with E-state index in [0.29, 0.717) is 0 Å². The second-order valence-corrected chi connectivity index (χ2v) is 24.9. The highest BCUT2D eigenvalue weighted by Crippen LogP contribution is 2.45. The van der Waals surface area contributed by atoms with Crippen molar-refractivity contribution in [1.29, 1.82) is 0 Å². The van der Waals surface area contributed by atoms with Crippen molar-refractivity contribution in [2.45, 2.75) is 0 Å². The molecule has 0 amide bonds. The van der Waals surface area contributed by atoms with E-state index in [9.17, 15) is 0 Å². The fraction of sp³-hybridized carbons (Fsp3) is 0. The molecule has 460 valence electrons. The molecular weight excluding hydrogens is 1190 g/mol. The highest BCUT2D eigenvalue weighted by Gasteiger charge is 2.23. The zero-order valence-electron chi connectivity index (χ0n) is 53.5. The third-order valence-electron chi connectivity index (χ3n) is 19.1. The summed E-state index contributed by atoms with van der Waals surface area (Å²) in [6.45, 7) is 0. The zero-order chi connectivity index (χ0) is 64.9. The molecule has 0 N–H and O–H groups in total. The number of nitrogens with zero attached hydrogens (tertiary/aromatic N) is 6. The van der Waals surface area contributed by atoms with Crippen LogP contribution in [0, 0.1) is 0 Å². The van der Waals surface area contributed by atoms with E-state index in [2.05, 4.69) is 395 Å². The summed E-state index contributed by atoms with van der Waals surface area (Å²) in [5.74, 6) is 0. The summed E-state index contributed by atoms with van der Waals surface area (Å²) in [5, 5.41) is 4.95. The third-order valence-corrected chi connectivity index (χ3v) is 19.1. The molecule has 0 saturated carbocycles. The van der Waals surface area contributed by atoms with Crippen molar-refractivity contribution in [3.05, 3.63) is 376 Å². The number of aromatic nitrogens is 4. The highest BCUT2D eigenvalue weighted by molar-refractivity contribution is 6.11. The lowest BCUT2D eigenvalue weighted by Gasteiger charge is -2.26. The monoisotopic (exact) mass is 1250 g/mol. The van der Waals surface area contributed by atoms with Crippen LogP contribution in [0.1, 0.15) is 0 Å². The van der Waals surface area contributed by atoms with Crippen LogP contribution in [0.4, 0.5) is 34.1 Å². The van der Waals surface area contributed by atoms with Gasteiger partial charge in [0.1, 0.15) is 0 Å². The molecule has 0 radical (unpaired) electrons. The van der Waals surface area contributed by atoms with Crippen LogP contribution in [0.15, 0.2) is 376 Å². The van der Waals surface area contributed by atoms with Gasteiger partial charge in [0, 0.05) is 89.3 Å². The number of fused-ring (bicyclic) bond motifs is 7. The molecule has 0 aliphatic heterocycles. The van der Waals surface area contributed by atoms with Crippen molar-refractivity contribution >= 4 is 88.8 Å². The van der Waals surface area contributed by atoms with Gasteiger partial charge in [-0.05, 0) is 167 Å². The van der Waals surface area contributed by atoms with Crippen LogP contribution in [0.25, 0.3) is 133 Å². The van der Waals surface area contributed by atoms with E-state index in [1.165, 1.54) is 43.6 Å². The maximum atomic E-state index is 5.96. The largest absolute Gasteiger partial charge is 0.311 e. The molecule has 0 fully saturated rings. The van der Waals surface area contributed by atoms with Crippen molar-refractivity contribution in [2.75, 3.05) is 9.80 Å². The fourth-order valence-electron chi connectivity index (χ4n) is 14.5. The summed E-state index contributed by atoms with van der Waals surface area (Å²) in [5.41, 5.74) is 26.8. The SMILES string of the molecule is c1ccc(-c2cccc(-c3ccc(-c4cccc(-c5ccccc5)c4)c4nc(-c5ccc(N(c6ccccc6)c6ccc(-n7c8ccccc8c8ccccc87)cc6)cc5)c(-c5ccc(N(c6ccccc6)c6ccc(-n7c8ccccc8c8ccccc87)cc6)cc5)nc34)c2)cc1. The number of benzene rings is 15. The van der Waals surface area contributed by atoms with Gasteiger partial charge in [-0.3, -0.25) is 0 Å². The number of hydrogen-bond acceptors (Lipinski definition) is 4. The quantitative estimate of drug-likeness (QED) is 0.109. The van der Waals surface area contributed by atoms with Crippen LogP contribution < -0.4 is 9.80 Å². The summed E-state index contributed by atoms with van der Waals surface area (Å²) in [4.78, 5) is 16.6. The second-order valence-electron chi connectivity index (χ2n) is 24.9. The molecule has 0 saturated heterocycles. The van der Waals surface area contributed by atoms with Crippen LogP contribution in [0.2, 0.25) is 0 Å². The molecule has 0 aliphatic carbocycles. The summed E-state index contributed by atoms with van der Waals surface area (Å²) in [7, 11) is 0. The molecule has 18 aromatic rings. The lowest BCUT2D eigenvalue weighted by atomic mass is 9.93. The minimum atomic E-state index is 0.773. The average molecular weight is 1250 g/mol. The zero-order valence-corrected chi connectivity index (χ0v) is 53.5. The van der Waals surface area contributed by atoms with Gasteiger partial charge in [0.15, 0.2) is 0 Å². The summed E-state index contributed by atoms with van der Waals surface area (Å²) < 4.78 is 4.74. The first kappa shape index (κ1) is 57.5. The number of para-hydroxylation sites is 6. The van der Waals surface area contributed by atoms with E-state index in [4.69, 9.17) is 9.97 Å². The standard InChI is InChI=1S/C92H62N6/c1-5-23-63(24-6-1)67-27-21-29-69(61-67)79-59-60-80(70-30-22-28-68(62-70)64-25-7-2-8-26-64)92-91(79)93-89(65-43-47-73(48-44-65)95(71-31-9-3-10-32-71)75-51-55-77(56-52-75)97-85-39-17-13-35-81(85)82-36-14-18-40-86(82)97)90(94-92)66-45-49-74(50-46-66)96(72-33-11-4-12-34-72)76-53-57-78(58-54-76)98-87-41-19-15-37-83(87)84-38-16-20-42-88(84)98/h1-62H. The maximum Gasteiger partial charge on any atom is 0.0979 e. The summed E-state index contributed by atoms with van der Waals surface area (Å²) in [6.07, 6.45) is 0. The average Bonchev–Trinajstić information content (AvgIpc) is 0.903. The molecule has 3 heterocycles. The van der Waals surface area contributed by atoms with Crippen LogP contribution in [-0.4, -0.2) is 19.1 Å². The molecule has 0 spiro atoms. The Labute approximate surface area is 568 Å². The molecule has 98 heavy (non-hydrogen) atoms. The van der Waals surface area contributed by atoms with E-state index in [-0.39, 0.29) is 0 Å². The van der Waals surface area contributed by atoms with Gasteiger partial charge in [-0.15, -0.1) is 0 Å². The van der Waals surface area contributed by atoms with Crippen LogP contribution in [-0.2, 0) is 0 Å². The first-order chi connectivity index (χ1) is 48.6. The van der Waals surface area contributed by atoms with E-state index in [1.54, 1.807) is 0 Å². The van der Waals surface area contributed by atoms with Gasteiger partial charge in [0.2, 0.25) is 0 Å². The summed E-state index contributed by atoms with van der Waals surface area (Å²) >= 11 is 0. The van der Waals surface area contributed by atoms with E-state index in [1.807, 2.05) is 0 Å². The minimum absolute atomic E-state index is 0.773. The number of anilines is 6. The van der Waals surface area contributed by atoms with Gasteiger partial charge in [0.05, 0.1) is 44.5 Å². The minimum Gasteiger partial charge on any atom is -0.311 e. The Morgan fingerprint density at radius 1 is 0.194 bits per heavy atom. The van der Waals surface area contributed by atoms with Gasteiger partial charge in [-0.1, -0.05) is 243 Å². The molecule has 0 atom stereocenters. The molecule has 3 aromatic heterocycles. The van der Waals surface area contributed by atoms with Crippen molar-refractivity contribution in [3.63, 3.8) is 0 Å². The molecule has 6 heteroatoms. The number of rotatable bonds is 14. The van der Waals surface area contributed by atoms with Crippen molar-refractivity contribution in [2.24, 2.45) is 0 Å². The molecule has 0 bridgehead atoms. The Kier molecular flexibility index (Phi) is 14.5. The fourth-order valence-corrected chi connectivity index (χ4v) is 14.5. The van der Waals surface area contributed by atoms with Gasteiger partial charge in [-0.25, -0.2) is 9.97 Å². The predicted octanol–water partition coefficient (Wildman–Crippen LogP) is 24.8. The van der Waals surface area contributed by atoms with Gasteiger partial charge in [-0.2, -0.15) is 0 Å². The first-order valence-corrected chi connectivity index (χ1v) is 33.4. The number of hydrogen-bond donors (Lipinski definition) is 0.